The van der Waals surface area contributed by atoms with Gasteiger partial charge in [-0.25, -0.2) is 0 Å². The van der Waals surface area contributed by atoms with E-state index in [4.69, 9.17) is 0 Å². The van der Waals surface area contributed by atoms with Crippen molar-refractivity contribution >= 4 is 0 Å². The van der Waals surface area contributed by atoms with Gasteiger partial charge in [0.1, 0.15) is 0 Å². The van der Waals surface area contributed by atoms with Crippen molar-refractivity contribution in [1.29, 1.82) is 0 Å². The molecule has 2 aromatic rings. The zero-order chi connectivity index (χ0) is 12.4. The van der Waals surface area contributed by atoms with Gasteiger partial charge in [-0.2, -0.15) is 0 Å². The molecule has 18 heavy (non-hydrogen) atoms. The second-order valence-corrected chi connectivity index (χ2v) is 5.14. The van der Waals surface area contributed by atoms with E-state index in [9.17, 15) is 0 Å². The van der Waals surface area contributed by atoms with Gasteiger partial charge in [0.2, 0.25) is 0 Å². The molecule has 1 fully saturated rings. The van der Waals surface area contributed by atoms with Crippen molar-refractivity contribution in [3.05, 3.63) is 59.7 Å². The molecule has 1 saturated heterocycles. The van der Waals surface area contributed by atoms with Crippen LogP contribution in [0.5, 0.6) is 0 Å². The van der Waals surface area contributed by atoms with Crippen molar-refractivity contribution in [2.24, 2.45) is 0 Å². The average molecular weight is 237 g/mol. The molecule has 2 aromatic carbocycles. The van der Waals surface area contributed by atoms with E-state index in [1.165, 1.54) is 35.1 Å². The summed E-state index contributed by atoms with van der Waals surface area (Å²) in [6.45, 7) is 3.28. The Kier molecular flexibility index (Phi) is 3.16. The van der Waals surface area contributed by atoms with Crippen molar-refractivity contribution in [1.82, 2.24) is 5.32 Å². The van der Waals surface area contributed by atoms with Gasteiger partial charge in [0.15, 0.2) is 0 Å². The molecule has 0 bridgehead atoms. The van der Waals surface area contributed by atoms with Gasteiger partial charge in [-0.1, -0.05) is 54.1 Å². The topological polar surface area (TPSA) is 12.0 Å². The van der Waals surface area contributed by atoms with Gasteiger partial charge >= 0.3 is 0 Å². The minimum absolute atomic E-state index is 0.567. The highest BCUT2D eigenvalue weighted by molar-refractivity contribution is 5.64. The normalized spacial score (nSPS) is 19.1. The van der Waals surface area contributed by atoms with E-state index in [0.717, 1.165) is 6.54 Å². The highest BCUT2D eigenvalue weighted by Crippen LogP contribution is 2.26. The highest BCUT2D eigenvalue weighted by Gasteiger charge is 2.15. The smallest absolute Gasteiger partial charge is 0.0320 e. The van der Waals surface area contributed by atoms with Gasteiger partial charge in [-0.05, 0) is 43.0 Å². The predicted octanol–water partition coefficient (Wildman–Crippen LogP) is 4.09. The van der Waals surface area contributed by atoms with Crippen LogP contribution >= 0.6 is 0 Å². The van der Waals surface area contributed by atoms with Crippen LogP contribution in [0.25, 0.3) is 11.1 Å². The summed E-state index contributed by atoms with van der Waals surface area (Å²) >= 11 is 0. The summed E-state index contributed by atoms with van der Waals surface area (Å²) in [7, 11) is 0. The van der Waals surface area contributed by atoms with Crippen LogP contribution < -0.4 is 5.32 Å². The van der Waals surface area contributed by atoms with Crippen molar-refractivity contribution in [3.8, 4) is 11.1 Å². The molecule has 1 aliphatic rings. The molecule has 0 spiro atoms. The Morgan fingerprint density at radius 2 is 1.50 bits per heavy atom. The molecule has 0 amide bonds. The molecule has 1 unspecified atom stereocenters. The van der Waals surface area contributed by atoms with E-state index >= 15 is 0 Å². The molecule has 3 rings (SSSR count). The first-order valence-electron chi connectivity index (χ1n) is 6.73. The highest BCUT2D eigenvalue weighted by atomic mass is 14.9. The van der Waals surface area contributed by atoms with Crippen LogP contribution in [0.1, 0.15) is 30.0 Å². The van der Waals surface area contributed by atoms with Crippen LogP contribution in [0.3, 0.4) is 0 Å². The molecular formula is C17H19N. The first-order chi connectivity index (χ1) is 8.83. The summed E-state index contributed by atoms with van der Waals surface area (Å²) in [5, 5.41) is 3.54. The summed E-state index contributed by atoms with van der Waals surface area (Å²) in [5.41, 5.74) is 5.33. The second kappa shape index (κ2) is 4.95. The maximum absolute atomic E-state index is 3.54. The number of hydrogen-bond donors (Lipinski definition) is 1. The first-order valence-corrected chi connectivity index (χ1v) is 6.73. The van der Waals surface area contributed by atoms with Crippen LogP contribution in [0.4, 0.5) is 0 Å². The molecule has 1 heterocycles. The standard InChI is InChI=1S/C17H19N/c1-13-4-6-14(7-5-13)15-8-10-16(11-9-15)17-3-2-12-18-17/h4-11,17-18H,2-3,12H2,1H3. The Morgan fingerprint density at radius 3 is 2.06 bits per heavy atom. The first kappa shape index (κ1) is 11.5. The molecule has 92 valence electrons. The molecule has 1 N–H and O–H groups in total. The van der Waals surface area contributed by atoms with Crippen molar-refractivity contribution in [2.45, 2.75) is 25.8 Å². The molecule has 0 aromatic heterocycles. The summed E-state index contributed by atoms with van der Waals surface area (Å²) in [6, 6.07) is 18.3. The second-order valence-electron chi connectivity index (χ2n) is 5.14. The molecule has 1 heteroatoms. The lowest BCUT2D eigenvalue weighted by atomic mass is 9.99. The van der Waals surface area contributed by atoms with E-state index in [2.05, 4.69) is 60.8 Å². The number of nitrogens with one attached hydrogen (secondary N) is 1. The lowest BCUT2D eigenvalue weighted by molar-refractivity contribution is 0.648. The van der Waals surface area contributed by atoms with Crippen molar-refractivity contribution in [2.75, 3.05) is 6.54 Å². The molecule has 1 aliphatic heterocycles. The predicted molar refractivity (Wildman–Crippen MR) is 76.6 cm³/mol. The van der Waals surface area contributed by atoms with E-state index in [1.54, 1.807) is 0 Å². The van der Waals surface area contributed by atoms with Gasteiger partial charge < -0.3 is 5.32 Å². The summed E-state index contributed by atoms with van der Waals surface area (Å²) in [5.74, 6) is 0. The van der Waals surface area contributed by atoms with E-state index in [1.807, 2.05) is 0 Å². The zero-order valence-electron chi connectivity index (χ0n) is 10.8. The van der Waals surface area contributed by atoms with Crippen molar-refractivity contribution in [3.63, 3.8) is 0 Å². The third-order valence-corrected chi connectivity index (χ3v) is 3.76. The minimum atomic E-state index is 0.567. The molecule has 0 saturated carbocycles. The lowest BCUT2D eigenvalue weighted by Gasteiger charge is -2.11. The van der Waals surface area contributed by atoms with Crippen LogP contribution in [0.15, 0.2) is 48.5 Å². The molecule has 1 atom stereocenters. The lowest BCUT2D eigenvalue weighted by Crippen LogP contribution is -2.12. The summed E-state index contributed by atoms with van der Waals surface area (Å²) < 4.78 is 0. The summed E-state index contributed by atoms with van der Waals surface area (Å²) in [6.07, 6.45) is 2.56. The minimum Gasteiger partial charge on any atom is -0.310 e. The van der Waals surface area contributed by atoms with Crippen molar-refractivity contribution < 1.29 is 0 Å². The van der Waals surface area contributed by atoms with E-state index in [0.29, 0.717) is 6.04 Å². The fourth-order valence-corrected chi connectivity index (χ4v) is 2.62. The number of aryl methyl sites for hydroxylation is 1. The Labute approximate surface area is 109 Å². The van der Waals surface area contributed by atoms with Gasteiger partial charge in [-0.3, -0.25) is 0 Å². The van der Waals surface area contributed by atoms with Gasteiger partial charge in [0.25, 0.3) is 0 Å². The quantitative estimate of drug-likeness (QED) is 0.829. The fourth-order valence-electron chi connectivity index (χ4n) is 2.62. The fraction of sp³-hybridized carbons (Fsp3) is 0.294. The molecule has 0 radical (unpaired) electrons. The SMILES string of the molecule is Cc1ccc(-c2ccc(C3CCCN3)cc2)cc1. The Bertz CT molecular complexity index is 504. The number of benzene rings is 2. The Balaban J connectivity index is 1.84. The maximum atomic E-state index is 3.54. The molecule has 1 nitrogen and oxygen atoms in total. The van der Waals surface area contributed by atoms with Crippen LogP contribution in [-0.2, 0) is 0 Å². The Hall–Kier alpha value is -1.60. The molecular weight excluding hydrogens is 218 g/mol. The Morgan fingerprint density at radius 1 is 0.889 bits per heavy atom. The van der Waals surface area contributed by atoms with Crippen LogP contribution in [0, 0.1) is 6.92 Å². The third kappa shape index (κ3) is 2.32. The van der Waals surface area contributed by atoms with Crippen LogP contribution in [-0.4, -0.2) is 6.54 Å². The number of rotatable bonds is 2. The monoisotopic (exact) mass is 237 g/mol. The largest absolute Gasteiger partial charge is 0.310 e. The zero-order valence-corrected chi connectivity index (χ0v) is 10.8. The summed E-state index contributed by atoms with van der Waals surface area (Å²) in [4.78, 5) is 0. The van der Waals surface area contributed by atoms with Crippen LogP contribution in [0.2, 0.25) is 0 Å². The number of hydrogen-bond acceptors (Lipinski definition) is 1. The van der Waals surface area contributed by atoms with Gasteiger partial charge in [-0.15, -0.1) is 0 Å². The van der Waals surface area contributed by atoms with Gasteiger partial charge in [0.05, 0.1) is 0 Å². The molecule has 0 aliphatic carbocycles. The van der Waals surface area contributed by atoms with Gasteiger partial charge in [0, 0.05) is 6.04 Å². The average Bonchev–Trinajstić information content (AvgIpc) is 2.94. The third-order valence-electron chi connectivity index (χ3n) is 3.76. The maximum Gasteiger partial charge on any atom is 0.0320 e. The van der Waals surface area contributed by atoms with E-state index in [-0.39, 0.29) is 0 Å². The van der Waals surface area contributed by atoms with E-state index < -0.39 is 0 Å².